The summed E-state index contributed by atoms with van der Waals surface area (Å²) >= 11 is 0. The fourth-order valence-corrected chi connectivity index (χ4v) is 1.17. The fraction of sp³-hybridized carbons (Fsp3) is 0.200. The molecule has 0 aliphatic heterocycles. The maximum atomic E-state index is 13.0. The SMILES string of the molecule is CC(F)c1ccccc1C(=O)C(=O)O. The monoisotopic (exact) mass is 196 g/mol. The summed E-state index contributed by atoms with van der Waals surface area (Å²) in [5, 5.41) is 8.47. The average Bonchev–Trinajstić information content (AvgIpc) is 2.16. The van der Waals surface area contributed by atoms with Crippen molar-refractivity contribution in [3.8, 4) is 0 Å². The number of carboxylic acid groups (broad SMARTS) is 1. The van der Waals surface area contributed by atoms with E-state index in [2.05, 4.69) is 0 Å². The number of carbonyl (C=O) groups excluding carboxylic acids is 1. The van der Waals surface area contributed by atoms with Crippen molar-refractivity contribution in [1.29, 1.82) is 0 Å². The number of carboxylic acids is 1. The molecular weight excluding hydrogens is 187 g/mol. The zero-order valence-electron chi connectivity index (χ0n) is 7.53. The molecule has 0 saturated heterocycles. The Morgan fingerprint density at radius 1 is 1.36 bits per heavy atom. The minimum atomic E-state index is -1.57. The lowest BCUT2D eigenvalue weighted by Crippen LogP contribution is -2.15. The van der Waals surface area contributed by atoms with Crippen LogP contribution in [0.2, 0.25) is 0 Å². The van der Waals surface area contributed by atoms with Gasteiger partial charge in [-0.3, -0.25) is 4.79 Å². The molecule has 14 heavy (non-hydrogen) atoms. The topological polar surface area (TPSA) is 54.4 Å². The van der Waals surface area contributed by atoms with Crippen molar-refractivity contribution in [3.05, 3.63) is 35.4 Å². The third kappa shape index (κ3) is 1.96. The Bertz CT molecular complexity index is 371. The number of carbonyl (C=O) groups is 2. The van der Waals surface area contributed by atoms with Gasteiger partial charge in [-0.05, 0) is 12.5 Å². The van der Waals surface area contributed by atoms with E-state index in [0.29, 0.717) is 0 Å². The van der Waals surface area contributed by atoms with Crippen molar-refractivity contribution in [1.82, 2.24) is 0 Å². The first-order chi connectivity index (χ1) is 6.54. The number of Topliss-reactive ketones (excluding diaryl/α,β-unsaturated/α-hetero) is 1. The largest absolute Gasteiger partial charge is 0.475 e. The first-order valence-corrected chi connectivity index (χ1v) is 4.04. The summed E-state index contributed by atoms with van der Waals surface area (Å²) in [7, 11) is 0. The van der Waals surface area contributed by atoms with E-state index in [-0.39, 0.29) is 11.1 Å². The lowest BCUT2D eigenvalue weighted by molar-refractivity contribution is -0.131. The van der Waals surface area contributed by atoms with Gasteiger partial charge in [-0.1, -0.05) is 24.3 Å². The Morgan fingerprint density at radius 3 is 2.43 bits per heavy atom. The van der Waals surface area contributed by atoms with Crippen molar-refractivity contribution >= 4 is 11.8 Å². The first kappa shape index (κ1) is 10.4. The highest BCUT2D eigenvalue weighted by Gasteiger charge is 2.20. The molecule has 0 fully saturated rings. The lowest BCUT2D eigenvalue weighted by Gasteiger charge is -2.06. The van der Waals surface area contributed by atoms with Gasteiger partial charge in [-0.25, -0.2) is 9.18 Å². The van der Waals surface area contributed by atoms with Crippen LogP contribution in [0.3, 0.4) is 0 Å². The minimum absolute atomic E-state index is 0.0880. The van der Waals surface area contributed by atoms with Gasteiger partial charge in [0.15, 0.2) is 0 Å². The quantitative estimate of drug-likeness (QED) is 0.594. The van der Waals surface area contributed by atoms with Crippen LogP contribution in [0.5, 0.6) is 0 Å². The van der Waals surface area contributed by atoms with Gasteiger partial charge < -0.3 is 5.11 Å². The van der Waals surface area contributed by atoms with Gasteiger partial charge in [0.1, 0.15) is 6.17 Å². The normalized spacial score (nSPS) is 12.1. The van der Waals surface area contributed by atoms with Crippen molar-refractivity contribution in [3.63, 3.8) is 0 Å². The van der Waals surface area contributed by atoms with Crippen LogP contribution in [0, 0.1) is 0 Å². The van der Waals surface area contributed by atoms with Crippen LogP contribution in [-0.2, 0) is 4.79 Å². The highest BCUT2D eigenvalue weighted by Crippen LogP contribution is 2.21. The van der Waals surface area contributed by atoms with Gasteiger partial charge in [0.2, 0.25) is 0 Å². The molecule has 74 valence electrons. The Labute approximate surface area is 80.2 Å². The summed E-state index contributed by atoms with van der Waals surface area (Å²) in [6.45, 7) is 1.26. The van der Waals surface area contributed by atoms with Crippen LogP contribution < -0.4 is 0 Å². The number of benzene rings is 1. The summed E-state index contributed by atoms with van der Waals surface area (Å²) in [6.07, 6.45) is -1.35. The Hall–Kier alpha value is -1.71. The molecule has 0 aromatic heterocycles. The van der Waals surface area contributed by atoms with Crippen LogP contribution >= 0.6 is 0 Å². The van der Waals surface area contributed by atoms with Crippen LogP contribution in [0.15, 0.2) is 24.3 Å². The second-order valence-electron chi connectivity index (χ2n) is 2.84. The molecule has 0 saturated carbocycles. The summed E-state index contributed by atoms with van der Waals surface area (Å²) in [4.78, 5) is 21.5. The maximum absolute atomic E-state index is 13.0. The molecule has 0 heterocycles. The number of alkyl halides is 1. The number of hydrogen-bond acceptors (Lipinski definition) is 2. The molecule has 0 amide bonds. The van der Waals surface area contributed by atoms with E-state index in [0.717, 1.165) is 0 Å². The van der Waals surface area contributed by atoms with E-state index in [4.69, 9.17) is 5.11 Å². The van der Waals surface area contributed by atoms with Crippen molar-refractivity contribution < 1.29 is 19.1 Å². The number of aliphatic carboxylic acids is 1. The molecule has 1 atom stereocenters. The molecule has 0 bridgehead atoms. The third-order valence-corrected chi connectivity index (χ3v) is 1.83. The van der Waals surface area contributed by atoms with E-state index in [1.165, 1.54) is 25.1 Å². The molecule has 0 radical (unpaired) electrons. The number of hydrogen-bond donors (Lipinski definition) is 1. The van der Waals surface area contributed by atoms with Gasteiger partial charge >= 0.3 is 5.97 Å². The molecule has 1 aromatic carbocycles. The van der Waals surface area contributed by atoms with Crippen LogP contribution in [-0.4, -0.2) is 16.9 Å². The van der Waals surface area contributed by atoms with Crippen LogP contribution in [0.25, 0.3) is 0 Å². The molecule has 1 rings (SSSR count). The van der Waals surface area contributed by atoms with E-state index < -0.39 is 17.9 Å². The minimum Gasteiger partial charge on any atom is -0.475 e. The Kier molecular flexibility index (Phi) is 2.96. The molecule has 1 aromatic rings. The van der Waals surface area contributed by atoms with Crippen molar-refractivity contribution in [2.24, 2.45) is 0 Å². The second kappa shape index (κ2) is 4.00. The predicted molar refractivity (Wildman–Crippen MR) is 47.9 cm³/mol. The molecule has 1 N–H and O–H groups in total. The smallest absolute Gasteiger partial charge is 0.377 e. The van der Waals surface area contributed by atoms with Crippen LogP contribution in [0.4, 0.5) is 4.39 Å². The Balaban J connectivity index is 3.20. The number of rotatable bonds is 3. The molecule has 1 unspecified atom stereocenters. The molecule has 3 nitrogen and oxygen atoms in total. The molecule has 0 spiro atoms. The first-order valence-electron chi connectivity index (χ1n) is 4.04. The second-order valence-corrected chi connectivity index (χ2v) is 2.84. The third-order valence-electron chi connectivity index (χ3n) is 1.83. The van der Waals surface area contributed by atoms with Crippen molar-refractivity contribution in [2.45, 2.75) is 13.1 Å². The maximum Gasteiger partial charge on any atom is 0.377 e. The van der Waals surface area contributed by atoms with E-state index in [1.807, 2.05) is 0 Å². The molecule has 0 aliphatic carbocycles. The van der Waals surface area contributed by atoms with E-state index >= 15 is 0 Å². The summed E-state index contributed by atoms with van der Waals surface area (Å²) < 4.78 is 13.0. The number of halogens is 1. The van der Waals surface area contributed by atoms with Gasteiger partial charge in [-0.2, -0.15) is 0 Å². The van der Waals surface area contributed by atoms with Gasteiger partial charge in [0.05, 0.1) is 0 Å². The van der Waals surface area contributed by atoms with Gasteiger partial charge in [0, 0.05) is 5.56 Å². The summed E-state index contributed by atoms with van der Waals surface area (Å²) in [5.74, 6) is -2.65. The molecule has 4 heteroatoms. The highest BCUT2D eigenvalue weighted by atomic mass is 19.1. The van der Waals surface area contributed by atoms with E-state index in [1.54, 1.807) is 6.07 Å². The molecule has 0 aliphatic rings. The van der Waals surface area contributed by atoms with Gasteiger partial charge in [-0.15, -0.1) is 0 Å². The lowest BCUT2D eigenvalue weighted by atomic mass is 10.0. The average molecular weight is 196 g/mol. The fourth-order valence-electron chi connectivity index (χ4n) is 1.17. The van der Waals surface area contributed by atoms with E-state index in [9.17, 15) is 14.0 Å². The van der Waals surface area contributed by atoms with Crippen LogP contribution in [0.1, 0.15) is 29.0 Å². The van der Waals surface area contributed by atoms with Gasteiger partial charge in [0.25, 0.3) is 5.78 Å². The standard InChI is InChI=1S/C10H9FO3/c1-6(11)7-4-2-3-5-8(7)9(12)10(13)14/h2-6H,1H3,(H,13,14). The summed E-state index contributed by atoms with van der Waals surface area (Å²) in [5.41, 5.74) is 0.0231. The number of ketones is 1. The zero-order valence-corrected chi connectivity index (χ0v) is 7.53. The summed E-state index contributed by atoms with van der Waals surface area (Å²) in [6, 6.07) is 5.77. The molecular formula is C10H9FO3. The Morgan fingerprint density at radius 2 is 1.93 bits per heavy atom. The van der Waals surface area contributed by atoms with Crippen molar-refractivity contribution in [2.75, 3.05) is 0 Å². The highest BCUT2D eigenvalue weighted by molar-refractivity contribution is 6.40. The zero-order chi connectivity index (χ0) is 10.7. The predicted octanol–water partition coefficient (Wildman–Crippen LogP) is 1.98.